The topological polar surface area (TPSA) is 108 Å². The summed E-state index contributed by atoms with van der Waals surface area (Å²) >= 11 is 0. The minimum Gasteiger partial charge on any atom is -0.355 e. The summed E-state index contributed by atoms with van der Waals surface area (Å²) in [6.45, 7) is 2.92. The number of benzene rings is 1. The molecule has 2 heterocycles. The van der Waals surface area contributed by atoms with Gasteiger partial charge in [0, 0.05) is 24.5 Å². The van der Waals surface area contributed by atoms with Gasteiger partial charge in [-0.1, -0.05) is 30.3 Å². The Kier molecular flexibility index (Phi) is 4.76. The number of rotatable bonds is 6. The van der Waals surface area contributed by atoms with Gasteiger partial charge >= 0.3 is 0 Å². The van der Waals surface area contributed by atoms with E-state index < -0.39 is 0 Å². The number of aromatic nitrogens is 5. The van der Waals surface area contributed by atoms with Gasteiger partial charge in [-0.05, 0) is 6.92 Å². The number of nitrogens with one attached hydrogen (secondary N) is 3. The van der Waals surface area contributed by atoms with Crippen molar-refractivity contribution in [2.75, 3.05) is 11.9 Å². The Morgan fingerprint density at radius 1 is 1.17 bits per heavy atom. The van der Waals surface area contributed by atoms with Crippen LogP contribution in [0.5, 0.6) is 0 Å². The summed E-state index contributed by atoms with van der Waals surface area (Å²) in [6.07, 6.45) is 2.96. The second-order valence-corrected chi connectivity index (χ2v) is 4.98. The minimum absolute atomic E-state index is 0.244. The fourth-order valence-corrected chi connectivity index (χ4v) is 2.05. The molecule has 3 rings (SSSR count). The first kappa shape index (κ1) is 15.6. The van der Waals surface area contributed by atoms with Gasteiger partial charge in [0.15, 0.2) is 5.82 Å². The van der Waals surface area contributed by atoms with Gasteiger partial charge in [0.05, 0.1) is 12.1 Å². The first-order valence-corrected chi connectivity index (χ1v) is 7.57. The number of amides is 1. The summed E-state index contributed by atoms with van der Waals surface area (Å²) < 4.78 is 0. The maximum absolute atomic E-state index is 12.1. The normalized spacial score (nSPS) is 10.4. The second kappa shape index (κ2) is 7.32. The number of hydrogen-bond donors (Lipinski definition) is 3. The van der Waals surface area contributed by atoms with E-state index in [9.17, 15) is 4.79 Å². The van der Waals surface area contributed by atoms with E-state index >= 15 is 0 Å². The molecule has 24 heavy (non-hydrogen) atoms. The Hall–Kier alpha value is -3.29. The number of H-pyrrole nitrogens is 1. The number of nitrogens with zero attached hydrogens (tertiary/aromatic N) is 4. The largest absolute Gasteiger partial charge is 0.355 e. The molecule has 0 aliphatic heterocycles. The van der Waals surface area contributed by atoms with Crippen molar-refractivity contribution < 1.29 is 4.79 Å². The minimum atomic E-state index is -0.268. The van der Waals surface area contributed by atoms with E-state index in [0.29, 0.717) is 23.2 Å². The van der Waals surface area contributed by atoms with Gasteiger partial charge in [-0.2, -0.15) is 5.10 Å². The van der Waals surface area contributed by atoms with E-state index in [-0.39, 0.29) is 12.5 Å². The number of carbonyl (C=O) groups is 1. The van der Waals surface area contributed by atoms with Gasteiger partial charge in [-0.15, -0.1) is 0 Å². The quantitative estimate of drug-likeness (QED) is 0.636. The number of aromatic amines is 1. The molecule has 2 aromatic heterocycles. The number of carbonyl (C=O) groups excluding carboxylic acids is 1. The van der Waals surface area contributed by atoms with E-state index in [2.05, 4.69) is 35.8 Å². The fourth-order valence-electron chi connectivity index (χ4n) is 2.05. The maximum Gasteiger partial charge on any atom is 0.254 e. The Bertz CT molecular complexity index is 799. The SMILES string of the molecule is CCNc1ncc(C(=O)NCc2nc(-c3ccccc3)n[nH]2)cn1. The van der Waals surface area contributed by atoms with Gasteiger partial charge in [-0.25, -0.2) is 15.0 Å². The Labute approximate surface area is 138 Å². The van der Waals surface area contributed by atoms with Gasteiger partial charge < -0.3 is 10.6 Å². The molecule has 0 saturated heterocycles. The summed E-state index contributed by atoms with van der Waals surface area (Å²) in [5.41, 5.74) is 1.30. The molecule has 1 aromatic carbocycles. The molecule has 0 aliphatic carbocycles. The van der Waals surface area contributed by atoms with E-state index in [1.54, 1.807) is 0 Å². The number of hydrogen-bond acceptors (Lipinski definition) is 6. The molecule has 8 heteroatoms. The van der Waals surface area contributed by atoms with Crippen molar-refractivity contribution >= 4 is 11.9 Å². The average molecular weight is 323 g/mol. The average Bonchev–Trinajstić information content (AvgIpc) is 3.10. The Balaban J connectivity index is 1.59. The van der Waals surface area contributed by atoms with Crippen molar-refractivity contribution in [1.82, 2.24) is 30.5 Å². The molecule has 3 N–H and O–H groups in total. The summed E-state index contributed by atoms with van der Waals surface area (Å²) in [7, 11) is 0. The van der Waals surface area contributed by atoms with Crippen LogP contribution in [0.15, 0.2) is 42.7 Å². The van der Waals surface area contributed by atoms with Crippen LogP contribution >= 0.6 is 0 Å². The zero-order valence-electron chi connectivity index (χ0n) is 13.2. The Morgan fingerprint density at radius 3 is 2.62 bits per heavy atom. The molecular formula is C16H17N7O. The van der Waals surface area contributed by atoms with Gasteiger partial charge in [0.25, 0.3) is 5.91 Å². The lowest BCUT2D eigenvalue weighted by Crippen LogP contribution is -2.23. The van der Waals surface area contributed by atoms with Crippen LogP contribution in [0.25, 0.3) is 11.4 Å². The maximum atomic E-state index is 12.1. The van der Waals surface area contributed by atoms with E-state index in [4.69, 9.17) is 0 Å². The second-order valence-electron chi connectivity index (χ2n) is 4.98. The van der Waals surface area contributed by atoms with Crippen LogP contribution in [-0.2, 0) is 6.54 Å². The summed E-state index contributed by atoms with van der Waals surface area (Å²) in [6, 6.07) is 9.62. The molecule has 8 nitrogen and oxygen atoms in total. The lowest BCUT2D eigenvalue weighted by atomic mass is 10.2. The zero-order valence-corrected chi connectivity index (χ0v) is 13.2. The molecule has 0 spiro atoms. The van der Waals surface area contributed by atoms with Crippen LogP contribution in [0.3, 0.4) is 0 Å². The highest BCUT2D eigenvalue weighted by molar-refractivity contribution is 5.93. The molecule has 0 aliphatic rings. The first-order chi connectivity index (χ1) is 11.8. The van der Waals surface area contributed by atoms with Gasteiger partial charge in [0.1, 0.15) is 5.82 Å². The molecular weight excluding hydrogens is 306 g/mol. The number of anilines is 1. The van der Waals surface area contributed by atoms with E-state index in [1.807, 2.05) is 37.3 Å². The fraction of sp³-hybridized carbons (Fsp3) is 0.188. The van der Waals surface area contributed by atoms with Crippen molar-refractivity contribution in [3.8, 4) is 11.4 Å². The summed E-state index contributed by atoms with van der Waals surface area (Å²) in [5.74, 6) is 1.40. The van der Waals surface area contributed by atoms with Crippen LogP contribution in [0.4, 0.5) is 5.95 Å². The van der Waals surface area contributed by atoms with Crippen molar-refractivity contribution in [2.45, 2.75) is 13.5 Å². The highest BCUT2D eigenvalue weighted by Gasteiger charge is 2.09. The van der Waals surface area contributed by atoms with Gasteiger partial charge in [-0.3, -0.25) is 9.89 Å². The third-order valence-corrected chi connectivity index (χ3v) is 3.23. The van der Waals surface area contributed by atoms with Gasteiger partial charge in [0.2, 0.25) is 5.95 Å². The van der Waals surface area contributed by atoms with Crippen LogP contribution in [0.2, 0.25) is 0 Å². The van der Waals surface area contributed by atoms with Crippen molar-refractivity contribution in [1.29, 1.82) is 0 Å². The van der Waals surface area contributed by atoms with Crippen molar-refractivity contribution in [3.63, 3.8) is 0 Å². The Morgan fingerprint density at radius 2 is 1.92 bits per heavy atom. The molecule has 0 bridgehead atoms. The molecule has 0 fully saturated rings. The lowest BCUT2D eigenvalue weighted by Gasteiger charge is -2.04. The van der Waals surface area contributed by atoms with E-state index in [0.717, 1.165) is 12.1 Å². The third kappa shape index (κ3) is 3.72. The van der Waals surface area contributed by atoms with Crippen LogP contribution < -0.4 is 10.6 Å². The standard InChI is InChI=1S/C16H17N7O/c1-2-17-16-19-8-12(9-20-16)15(24)18-10-13-21-14(23-22-13)11-6-4-3-5-7-11/h3-9H,2,10H2,1H3,(H,18,24)(H,17,19,20)(H,21,22,23). The predicted molar refractivity (Wildman–Crippen MR) is 89.2 cm³/mol. The third-order valence-electron chi connectivity index (χ3n) is 3.23. The van der Waals surface area contributed by atoms with Crippen LogP contribution in [-0.4, -0.2) is 37.6 Å². The lowest BCUT2D eigenvalue weighted by molar-refractivity contribution is 0.0949. The first-order valence-electron chi connectivity index (χ1n) is 7.57. The molecule has 0 saturated carbocycles. The zero-order chi connectivity index (χ0) is 16.8. The summed E-state index contributed by atoms with van der Waals surface area (Å²) in [5, 5.41) is 12.7. The highest BCUT2D eigenvalue weighted by atomic mass is 16.1. The van der Waals surface area contributed by atoms with Crippen LogP contribution in [0.1, 0.15) is 23.1 Å². The molecule has 122 valence electrons. The van der Waals surface area contributed by atoms with Crippen LogP contribution in [0, 0.1) is 0 Å². The van der Waals surface area contributed by atoms with E-state index in [1.165, 1.54) is 12.4 Å². The molecule has 1 amide bonds. The van der Waals surface area contributed by atoms with Crippen molar-refractivity contribution in [2.24, 2.45) is 0 Å². The monoisotopic (exact) mass is 323 g/mol. The molecule has 0 unspecified atom stereocenters. The van der Waals surface area contributed by atoms with Crippen molar-refractivity contribution in [3.05, 3.63) is 54.1 Å². The summed E-state index contributed by atoms with van der Waals surface area (Å²) in [4.78, 5) is 24.6. The smallest absolute Gasteiger partial charge is 0.254 e. The molecule has 0 atom stereocenters. The highest BCUT2D eigenvalue weighted by Crippen LogP contribution is 2.13. The molecule has 3 aromatic rings. The molecule has 0 radical (unpaired) electrons. The predicted octanol–water partition coefficient (Wildman–Crippen LogP) is 1.62.